The van der Waals surface area contributed by atoms with Crippen LogP contribution < -0.4 is 0 Å². The Balaban J connectivity index is 2.01. The molecule has 1 aliphatic heterocycles. The Morgan fingerprint density at radius 1 is 1.50 bits per heavy atom. The van der Waals surface area contributed by atoms with Gasteiger partial charge in [0.25, 0.3) is 0 Å². The van der Waals surface area contributed by atoms with E-state index in [1.165, 1.54) is 0 Å². The second kappa shape index (κ2) is 4.95. The topological polar surface area (TPSA) is 27.1 Å². The number of nitrogens with zero attached hydrogens (tertiary/aromatic N) is 2. The first-order chi connectivity index (χ1) is 7.66. The van der Waals surface area contributed by atoms with Crippen LogP contribution in [0.25, 0.3) is 0 Å². The molecular weight excluding hydrogens is 207 g/mol. The highest BCUT2D eigenvalue weighted by atomic mass is 19.1. The monoisotopic (exact) mass is 226 g/mol. The molecule has 1 saturated heterocycles. The second-order valence-corrected chi connectivity index (χ2v) is 4.81. The molecule has 0 saturated carbocycles. The lowest BCUT2D eigenvalue weighted by molar-refractivity contribution is 0.0600. The number of ether oxygens (including phenoxy) is 1. The van der Waals surface area contributed by atoms with E-state index in [4.69, 9.17) is 4.74 Å². The standard InChI is InChI=1S/C12H19FN2O/c1-9(2)11-8-15(14-12(11)13)7-10-3-5-16-6-4-10/h8-10H,3-7H2,1-2H3. The first kappa shape index (κ1) is 11.6. The van der Waals surface area contributed by atoms with Gasteiger partial charge in [0.2, 0.25) is 5.95 Å². The molecule has 0 aliphatic carbocycles. The van der Waals surface area contributed by atoms with E-state index in [9.17, 15) is 4.39 Å². The molecule has 2 rings (SSSR count). The maximum Gasteiger partial charge on any atom is 0.236 e. The third-order valence-electron chi connectivity index (χ3n) is 3.15. The van der Waals surface area contributed by atoms with Crippen molar-refractivity contribution in [1.29, 1.82) is 0 Å². The number of halogens is 1. The van der Waals surface area contributed by atoms with Gasteiger partial charge in [-0.3, -0.25) is 4.68 Å². The van der Waals surface area contributed by atoms with E-state index < -0.39 is 0 Å². The third kappa shape index (κ3) is 2.61. The number of rotatable bonds is 3. The van der Waals surface area contributed by atoms with Crippen LogP contribution >= 0.6 is 0 Å². The Morgan fingerprint density at radius 3 is 2.75 bits per heavy atom. The minimum atomic E-state index is -0.318. The lowest BCUT2D eigenvalue weighted by atomic mass is 10.0. The van der Waals surface area contributed by atoms with Crippen molar-refractivity contribution in [3.63, 3.8) is 0 Å². The van der Waals surface area contributed by atoms with E-state index in [1.54, 1.807) is 4.68 Å². The van der Waals surface area contributed by atoms with Crippen molar-refractivity contribution < 1.29 is 9.13 Å². The van der Waals surface area contributed by atoms with Crippen LogP contribution in [0.1, 0.15) is 38.2 Å². The molecular formula is C12H19FN2O. The molecule has 0 N–H and O–H groups in total. The van der Waals surface area contributed by atoms with Crippen LogP contribution in [0.2, 0.25) is 0 Å². The molecule has 0 amide bonds. The normalized spacial score (nSPS) is 18.2. The number of hydrogen-bond acceptors (Lipinski definition) is 2. The van der Waals surface area contributed by atoms with Crippen molar-refractivity contribution in [2.24, 2.45) is 5.92 Å². The predicted molar refractivity (Wildman–Crippen MR) is 59.8 cm³/mol. The predicted octanol–water partition coefficient (Wildman–Crippen LogP) is 2.57. The van der Waals surface area contributed by atoms with E-state index >= 15 is 0 Å². The molecule has 2 heterocycles. The van der Waals surface area contributed by atoms with Crippen LogP contribution in [0.15, 0.2) is 6.20 Å². The van der Waals surface area contributed by atoms with Crippen LogP contribution in [-0.2, 0) is 11.3 Å². The number of aromatic nitrogens is 2. The highest BCUT2D eigenvalue weighted by Crippen LogP contribution is 2.20. The zero-order chi connectivity index (χ0) is 11.5. The molecule has 0 radical (unpaired) electrons. The minimum Gasteiger partial charge on any atom is -0.381 e. The summed E-state index contributed by atoms with van der Waals surface area (Å²) in [6.07, 6.45) is 3.95. The average Bonchev–Trinajstić information content (AvgIpc) is 2.61. The van der Waals surface area contributed by atoms with Crippen molar-refractivity contribution in [1.82, 2.24) is 9.78 Å². The Labute approximate surface area is 95.6 Å². The fourth-order valence-electron chi connectivity index (χ4n) is 2.09. The van der Waals surface area contributed by atoms with E-state index in [0.29, 0.717) is 11.5 Å². The van der Waals surface area contributed by atoms with E-state index in [0.717, 1.165) is 32.6 Å². The highest BCUT2D eigenvalue weighted by molar-refractivity contribution is 5.11. The van der Waals surface area contributed by atoms with Crippen LogP contribution in [0.4, 0.5) is 4.39 Å². The summed E-state index contributed by atoms with van der Waals surface area (Å²) in [6.45, 7) is 6.43. The summed E-state index contributed by atoms with van der Waals surface area (Å²) >= 11 is 0. The highest BCUT2D eigenvalue weighted by Gasteiger charge is 2.17. The average molecular weight is 226 g/mol. The minimum absolute atomic E-state index is 0.198. The third-order valence-corrected chi connectivity index (χ3v) is 3.15. The van der Waals surface area contributed by atoms with Gasteiger partial charge in [-0.15, -0.1) is 5.10 Å². The molecule has 0 bridgehead atoms. The van der Waals surface area contributed by atoms with Gasteiger partial charge in [-0.25, -0.2) is 0 Å². The summed E-state index contributed by atoms with van der Waals surface area (Å²) in [5, 5.41) is 3.94. The maximum absolute atomic E-state index is 13.5. The molecule has 0 unspecified atom stereocenters. The van der Waals surface area contributed by atoms with Gasteiger partial charge in [-0.05, 0) is 24.7 Å². The fraction of sp³-hybridized carbons (Fsp3) is 0.750. The zero-order valence-corrected chi connectivity index (χ0v) is 9.95. The van der Waals surface area contributed by atoms with Crippen molar-refractivity contribution in [2.75, 3.05) is 13.2 Å². The van der Waals surface area contributed by atoms with Crippen LogP contribution in [0.5, 0.6) is 0 Å². The molecule has 1 aromatic rings. The molecule has 4 heteroatoms. The van der Waals surface area contributed by atoms with Gasteiger partial charge < -0.3 is 4.74 Å². The molecule has 1 aromatic heterocycles. The molecule has 90 valence electrons. The van der Waals surface area contributed by atoms with Gasteiger partial charge in [-0.1, -0.05) is 13.8 Å². The van der Waals surface area contributed by atoms with Gasteiger partial charge in [0, 0.05) is 31.5 Å². The van der Waals surface area contributed by atoms with Crippen molar-refractivity contribution in [3.8, 4) is 0 Å². The summed E-state index contributed by atoms with van der Waals surface area (Å²) in [7, 11) is 0. The Morgan fingerprint density at radius 2 is 2.19 bits per heavy atom. The largest absolute Gasteiger partial charge is 0.381 e. The first-order valence-corrected chi connectivity index (χ1v) is 5.97. The van der Waals surface area contributed by atoms with Crippen LogP contribution in [0, 0.1) is 11.9 Å². The van der Waals surface area contributed by atoms with Crippen molar-refractivity contribution in [2.45, 2.75) is 39.2 Å². The van der Waals surface area contributed by atoms with E-state index in [2.05, 4.69) is 5.10 Å². The molecule has 3 nitrogen and oxygen atoms in total. The Hall–Kier alpha value is -0.900. The quantitative estimate of drug-likeness (QED) is 0.792. The SMILES string of the molecule is CC(C)c1cn(CC2CCOCC2)nc1F. The van der Waals surface area contributed by atoms with Crippen molar-refractivity contribution in [3.05, 3.63) is 17.7 Å². The summed E-state index contributed by atoms with van der Waals surface area (Å²) < 4.78 is 20.5. The first-order valence-electron chi connectivity index (χ1n) is 5.97. The van der Waals surface area contributed by atoms with E-state index in [1.807, 2.05) is 20.0 Å². The smallest absolute Gasteiger partial charge is 0.236 e. The zero-order valence-electron chi connectivity index (χ0n) is 9.95. The number of hydrogen-bond donors (Lipinski definition) is 0. The summed E-state index contributed by atoms with van der Waals surface area (Å²) in [5.74, 6) is 0.457. The van der Waals surface area contributed by atoms with Crippen LogP contribution in [0.3, 0.4) is 0 Å². The van der Waals surface area contributed by atoms with Crippen LogP contribution in [-0.4, -0.2) is 23.0 Å². The van der Waals surface area contributed by atoms with Crippen molar-refractivity contribution >= 4 is 0 Å². The lowest BCUT2D eigenvalue weighted by Gasteiger charge is -2.21. The molecule has 16 heavy (non-hydrogen) atoms. The van der Waals surface area contributed by atoms with Gasteiger partial charge in [0.15, 0.2) is 0 Å². The van der Waals surface area contributed by atoms with E-state index in [-0.39, 0.29) is 11.9 Å². The second-order valence-electron chi connectivity index (χ2n) is 4.81. The molecule has 0 atom stereocenters. The fourth-order valence-corrected chi connectivity index (χ4v) is 2.09. The summed E-state index contributed by atoms with van der Waals surface area (Å²) in [6, 6.07) is 0. The molecule has 1 fully saturated rings. The van der Waals surface area contributed by atoms with Gasteiger partial charge in [-0.2, -0.15) is 4.39 Å². The molecule has 0 aromatic carbocycles. The van der Waals surface area contributed by atoms with Gasteiger partial charge in [0.1, 0.15) is 0 Å². The lowest BCUT2D eigenvalue weighted by Crippen LogP contribution is -2.20. The van der Waals surface area contributed by atoms with Gasteiger partial charge in [0.05, 0.1) is 0 Å². The Kier molecular flexibility index (Phi) is 3.59. The van der Waals surface area contributed by atoms with Gasteiger partial charge >= 0.3 is 0 Å². The summed E-state index contributed by atoms with van der Waals surface area (Å²) in [4.78, 5) is 0. The maximum atomic E-state index is 13.5. The molecule has 0 spiro atoms. The summed E-state index contributed by atoms with van der Waals surface area (Å²) in [5.41, 5.74) is 0.715. The molecule has 1 aliphatic rings. The Bertz CT molecular complexity index is 343.